The third-order valence-corrected chi connectivity index (χ3v) is 17.7. The molecule has 0 aliphatic heterocycles. The Balaban J connectivity index is 0.000000134. The maximum Gasteiger partial charge on any atom is 0.143 e. The van der Waals surface area contributed by atoms with E-state index >= 15 is 0 Å². The highest BCUT2D eigenvalue weighted by atomic mass is 16.3. The van der Waals surface area contributed by atoms with E-state index in [-0.39, 0.29) is 0 Å². The van der Waals surface area contributed by atoms with Crippen molar-refractivity contribution in [2.24, 2.45) is 0 Å². The number of para-hydroxylation sites is 4. The first-order valence-electron chi connectivity index (χ1n) is 29.5. The lowest BCUT2D eigenvalue weighted by molar-refractivity contribution is 0.669. The summed E-state index contributed by atoms with van der Waals surface area (Å²) in [7, 11) is 0. The summed E-state index contributed by atoms with van der Waals surface area (Å²) in [5.41, 5.74) is 18.1. The van der Waals surface area contributed by atoms with Crippen LogP contribution in [0.5, 0.6) is 0 Å². The van der Waals surface area contributed by atoms with Gasteiger partial charge in [0.2, 0.25) is 0 Å². The molecule has 400 valence electrons. The number of rotatable bonds is 6. The molecule has 0 aliphatic carbocycles. The lowest BCUT2D eigenvalue weighted by Crippen LogP contribution is -1.87. The van der Waals surface area contributed by atoms with Crippen LogP contribution in [0.1, 0.15) is 0 Å². The molecule has 18 rings (SSSR count). The Morgan fingerprint density at radius 2 is 0.500 bits per heavy atom. The summed E-state index contributed by atoms with van der Waals surface area (Å²) in [6.07, 6.45) is 0. The van der Waals surface area contributed by atoms with E-state index in [1.165, 1.54) is 109 Å². The Hall–Kier alpha value is -11.3. The van der Waals surface area contributed by atoms with E-state index in [9.17, 15) is 0 Å². The maximum absolute atomic E-state index is 6.32. The molecule has 0 spiro atoms. The van der Waals surface area contributed by atoms with E-state index in [4.69, 9.17) is 8.83 Å². The smallest absolute Gasteiger partial charge is 0.143 e. The Morgan fingerprint density at radius 1 is 0.151 bits per heavy atom. The molecule has 0 bridgehead atoms. The van der Waals surface area contributed by atoms with Gasteiger partial charge >= 0.3 is 0 Å². The lowest BCUT2D eigenvalue weighted by atomic mass is 9.90. The predicted molar refractivity (Wildman–Crippen MR) is 365 cm³/mol. The van der Waals surface area contributed by atoms with Crippen molar-refractivity contribution in [3.63, 3.8) is 0 Å². The van der Waals surface area contributed by atoms with Gasteiger partial charge in [-0.15, -0.1) is 0 Å². The number of hydrogen-bond donors (Lipinski definition) is 0. The van der Waals surface area contributed by atoms with Gasteiger partial charge in [-0.05, 0) is 163 Å². The molecule has 16 aromatic carbocycles. The molecule has 2 heterocycles. The Bertz CT molecular complexity index is 5690. The van der Waals surface area contributed by atoms with Crippen molar-refractivity contribution >= 4 is 109 Å². The molecule has 0 radical (unpaired) electrons. The topological polar surface area (TPSA) is 26.3 Å². The first-order valence-corrected chi connectivity index (χ1v) is 29.5. The van der Waals surface area contributed by atoms with Gasteiger partial charge in [-0.3, -0.25) is 0 Å². The van der Waals surface area contributed by atoms with Gasteiger partial charge in [-0.2, -0.15) is 0 Å². The summed E-state index contributed by atoms with van der Waals surface area (Å²) < 4.78 is 12.6. The molecule has 2 nitrogen and oxygen atoms in total. The zero-order valence-corrected chi connectivity index (χ0v) is 46.8. The van der Waals surface area contributed by atoms with Crippen LogP contribution >= 0.6 is 0 Å². The molecule has 2 heteroatoms. The van der Waals surface area contributed by atoms with E-state index in [2.05, 4.69) is 291 Å². The Labute approximate surface area is 496 Å². The minimum atomic E-state index is 0.924. The SMILES string of the molecule is c1ccc2c(-c3ccc4cc(-c5ccc(-c6cccc7c6oc6ccccc67)cc5)c5ccccc5c4c3)cccc2c1.c1ccc2cc(-c3ccc4cc(-c5ccc(-c6cccc7c6oc6ccccc67)cc5)c5ccccc5c4c3)ccc2c1. The highest BCUT2D eigenvalue weighted by Crippen LogP contribution is 2.43. The van der Waals surface area contributed by atoms with Crippen LogP contribution in [0, 0.1) is 0 Å². The second-order valence-electron chi connectivity index (χ2n) is 22.6. The van der Waals surface area contributed by atoms with Crippen LogP contribution in [0.3, 0.4) is 0 Å². The van der Waals surface area contributed by atoms with E-state index in [1.807, 2.05) is 24.3 Å². The fourth-order valence-electron chi connectivity index (χ4n) is 13.5. The molecule has 2 aromatic heterocycles. The van der Waals surface area contributed by atoms with Gasteiger partial charge in [0, 0.05) is 32.7 Å². The van der Waals surface area contributed by atoms with E-state index < -0.39 is 0 Å². The molecular formula is C84H52O2. The second-order valence-corrected chi connectivity index (χ2v) is 22.6. The van der Waals surface area contributed by atoms with Gasteiger partial charge in [0.1, 0.15) is 22.3 Å². The van der Waals surface area contributed by atoms with Crippen LogP contribution in [0.2, 0.25) is 0 Å². The summed E-state index contributed by atoms with van der Waals surface area (Å²) in [6.45, 7) is 0. The highest BCUT2D eigenvalue weighted by molar-refractivity contribution is 6.17. The average Bonchev–Trinajstić information content (AvgIpc) is 2.01. The molecule has 0 fully saturated rings. The minimum Gasteiger partial charge on any atom is -0.455 e. The van der Waals surface area contributed by atoms with Crippen LogP contribution in [0.4, 0.5) is 0 Å². The zero-order chi connectivity index (χ0) is 56.7. The van der Waals surface area contributed by atoms with Crippen molar-refractivity contribution in [1.82, 2.24) is 0 Å². The first-order chi connectivity index (χ1) is 42.6. The Kier molecular flexibility index (Phi) is 11.6. The number of benzene rings is 16. The quantitative estimate of drug-likeness (QED) is 0.155. The molecule has 0 saturated heterocycles. The minimum absolute atomic E-state index is 0.924. The van der Waals surface area contributed by atoms with Gasteiger partial charge in [-0.1, -0.05) is 273 Å². The van der Waals surface area contributed by atoms with E-state index in [1.54, 1.807) is 0 Å². The maximum atomic E-state index is 6.32. The second kappa shape index (κ2) is 20.2. The number of hydrogen-bond acceptors (Lipinski definition) is 2. The van der Waals surface area contributed by atoms with E-state index in [0.29, 0.717) is 0 Å². The Morgan fingerprint density at radius 3 is 1.05 bits per heavy atom. The highest BCUT2D eigenvalue weighted by Gasteiger charge is 2.17. The van der Waals surface area contributed by atoms with Gasteiger partial charge < -0.3 is 8.83 Å². The van der Waals surface area contributed by atoms with Gasteiger partial charge in [0.25, 0.3) is 0 Å². The van der Waals surface area contributed by atoms with Crippen molar-refractivity contribution in [3.8, 4) is 66.8 Å². The standard InChI is InChI=1S/2C42H26O/c1-2-11-32-27(9-1)10-7-15-33(32)30-23-24-31-26-39(35-12-3-4-13-36(35)40(31)25-30)29-21-19-28(20-22-29)34-16-8-17-38-37-14-5-6-18-41(37)43-42(34)38;1-2-9-30-24-31(21-16-27(30)8-1)32-22-23-33-26-39(35-10-3-4-11-36(35)40(33)25-32)29-19-17-28(18-20-29)34-13-7-14-38-37-12-5-6-15-41(37)43-42(34)38/h2*1-26H. The van der Waals surface area contributed by atoms with Crippen LogP contribution in [0.15, 0.2) is 324 Å². The van der Waals surface area contributed by atoms with Gasteiger partial charge in [-0.25, -0.2) is 0 Å². The molecule has 0 aliphatic rings. The normalized spacial score (nSPS) is 11.7. The van der Waals surface area contributed by atoms with Crippen molar-refractivity contribution in [1.29, 1.82) is 0 Å². The van der Waals surface area contributed by atoms with Crippen LogP contribution < -0.4 is 0 Å². The van der Waals surface area contributed by atoms with E-state index in [0.717, 1.165) is 66.1 Å². The molecule has 0 N–H and O–H groups in total. The largest absolute Gasteiger partial charge is 0.455 e. The van der Waals surface area contributed by atoms with Crippen molar-refractivity contribution in [2.45, 2.75) is 0 Å². The third kappa shape index (κ3) is 8.33. The average molecular weight is 1090 g/mol. The molecule has 0 unspecified atom stereocenters. The molecule has 0 atom stereocenters. The van der Waals surface area contributed by atoms with Gasteiger partial charge in [0.05, 0.1) is 0 Å². The van der Waals surface area contributed by atoms with Crippen molar-refractivity contribution in [2.75, 3.05) is 0 Å². The molecule has 18 aromatic rings. The third-order valence-electron chi connectivity index (χ3n) is 17.7. The molecular weight excluding hydrogens is 1040 g/mol. The summed E-state index contributed by atoms with van der Waals surface area (Å²) in [4.78, 5) is 0. The molecule has 86 heavy (non-hydrogen) atoms. The number of furan rings is 2. The van der Waals surface area contributed by atoms with Crippen LogP contribution in [-0.2, 0) is 0 Å². The monoisotopic (exact) mass is 1090 g/mol. The summed E-state index contributed by atoms with van der Waals surface area (Å²) in [6, 6.07) is 114. The fourth-order valence-corrected chi connectivity index (χ4v) is 13.5. The molecule has 0 saturated carbocycles. The van der Waals surface area contributed by atoms with Gasteiger partial charge in [0.15, 0.2) is 0 Å². The molecule has 0 amide bonds. The summed E-state index contributed by atoms with van der Waals surface area (Å²) in [5, 5.41) is 19.8. The van der Waals surface area contributed by atoms with Crippen LogP contribution in [-0.4, -0.2) is 0 Å². The number of fused-ring (bicyclic) bond motifs is 14. The first kappa shape index (κ1) is 49.3. The van der Waals surface area contributed by atoms with Crippen molar-refractivity contribution < 1.29 is 8.83 Å². The zero-order valence-electron chi connectivity index (χ0n) is 46.8. The lowest BCUT2D eigenvalue weighted by Gasteiger charge is -2.14. The fraction of sp³-hybridized carbons (Fsp3) is 0. The van der Waals surface area contributed by atoms with Crippen LogP contribution in [0.25, 0.3) is 175 Å². The summed E-state index contributed by atoms with van der Waals surface area (Å²) >= 11 is 0. The van der Waals surface area contributed by atoms with Crippen molar-refractivity contribution in [3.05, 3.63) is 315 Å². The predicted octanol–water partition coefficient (Wildman–Crippen LogP) is 24.1. The summed E-state index contributed by atoms with van der Waals surface area (Å²) in [5.74, 6) is 0.